The lowest BCUT2D eigenvalue weighted by molar-refractivity contribution is 0.102. The molecule has 0 spiro atoms. The van der Waals surface area contributed by atoms with E-state index in [0.717, 1.165) is 4.47 Å². The summed E-state index contributed by atoms with van der Waals surface area (Å²) in [6.07, 6.45) is 0.0574. The first-order valence-electron chi connectivity index (χ1n) is 7.44. The van der Waals surface area contributed by atoms with Crippen LogP contribution < -0.4 is 19.5 Å². The number of nitrogens with one attached hydrogen (secondary N) is 1. The van der Waals surface area contributed by atoms with Crippen molar-refractivity contribution < 1.29 is 19.0 Å². The minimum atomic E-state index is -0.252. The Morgan fingerprint density at radius 2 is 1.75 bits per heavy atom. The first kappa shape index (κ1) is 18.1. The third-order valence-corrected chi connectivity index (χ3v) is 3.83. The van der Waals surface area contributed by atoms with Crippen LogP contribution in [0.2, 0.25) is 0 Å². The second-order valence-electron chi connectivity index (χ2n) is 5.33. The third-order valence-electron chi connectivity index (χ3n) is 3.21. The second kappa shape index (κ2) is 8.06. The summed E-state index contributed by atoms with van der Waals surface area (Å²) in [6, 6.07) is 10.4. The number of hydrogen-bond donors (Lipinski definition) is 1. The molecule has 0 bridgehead atoms. The topological polar surface area (TPSA) is 56.8 Å². The number of hydrogen-bond acceptors (Lipinski definition) is 4. The van der Waals surface area contributed by atoms with Gasteiger partial charge in [-0.2, -0.15) is 0 Å². The van der Waals surface area contributed by atoms with Crippen LogP contribution in [0.4, 0.5) is 5.69 Å². The highest BCUT2D eigenvalue weighted by atomic mass is 79.9. The molecule has 0 unspecified atom stereocenters. The first-order chi connectivity index (χ1) is 11.4. The Morgan fingerprint density at radius 1 is 1.04 bits per heavy atom. The summed E-state index contributed by atoms with van der Waals surface area (Å²) < 4.78 is 16.8. The lowest BCUT2D eigenvalue weighted by Gasteiger charge is -2.14. The fraction of sp³-hybridized carbons (Fsp3) is 0.278. The molecule has 2 aromatic rings. The lowest BCUT2D eigenvalue weighted by atomic mass is 10.2. The van der Waals surface area contributed by atoms with Gasteiger partial charge >= 0.3 is 0 Å². The highest BCUT2D eigenvalue weighted by molar-refractivity contribution is 9.10. The van der Waals surface area contributed by atoms with Crippen molar-refractivity contribution in [3.05, 3.63) is 46.4 Å². The molecule has 0 atom stereocenters. The normalized spacial score (nSPS) is 10.4. The summed E-state index contributed by atoms with van der Waals surface area (Å²) >= 11 is 3.43. The van der Waals surface area contributed by atoms with Crippen LogP contribution >= 0.6 is 15.9 Å². The number of ether oxygens (including phenoxy) is 3. The molecule has 128 valence electrons. The van der Waals surface area contributed by atoms with Gasteiger partial charge in [0.2, 0.25) is 0 Å². The molecule has 0 aromatic heterocycles. The van der Waals surface area contributed by atoms with Crippen LogP contribution in [0, 0.1) is 0 Å². The smallest absolute Gasteiger partial charge is 0.255 e. The van der Waals surface area contributed by atoms with Crippen molar-refractivity contribution in [3.8, 4) is 17.2 Å². The highest BCUT2D eigenvalue weighted by Gasteiger charge is 2.13. The quantitative estimate of drug-likeness (QED) is 0.784. The van der Waals surface area contributed by atoms with Crippen LogP contribution in [0.1, 0.15) is 24.2 Å². The molecule has 0 fully saturated rings. The van der Waals surface area contributed by atoms with Crippen molar-refractivity contribution in [2.75, 3.05) is 19.5 Å². The van der Waals surface area contributed by atoms with E-state index < -0.39 is 0 Å². The van der Waals surface area contributed by atoms with Gasteiger partial charge in [0.1, 0.15) is 17.2 Å². The van der Waals surface area contributed by atoms with E-state index in [2.05, 4.69) is 21.2 Å². The van der Waals surface area contributed by atoms with E-state index in [9.17, 15) is 4.79 Å². The molecule has 0 aliphatic rings. The van der Waals surface area contributed by atoms with Gasteiger partial charge in [0.15, 0.2) is 0 Å². The van der Waals surface area contributed by atoms with Crippen molar-refractivity contribution in [2.24, 2.45) is 0 Å². The van der Waals surface area contributed by atoms with Gasteiger partial charge < -0.3 is 19.5 Å². The monoisotopic (exact) mass is 393 g/mol. The summed E-state index contributed by atoms with van der Waals surface area (Å²) in [5.74, 6) is 1.63. The number of carbonyl (C=O) groups is 1. The van der Waals surface area contributed by atoms with E-state index >= 15 is 0 Å². The predicted molar refractivity (Wildman–Crippen MR) is 97.4 cm³/mol. The summed E-state index contributed by atoms with van der Waals surface area (Å²) in [7, 11) is 3.12. The summed E-state index contributed by atoms with van der Waals surface area (Å²) in [5, 5.41) is 2.83. The number of anilines is 1. The van der Waals surface area contributed by atoms with E-state index in [1.807, 2.05) is 13.8 Å². The Hall–Kier alpha value is -2.21. The van der Waals surface area contributed by atoms with Crippen LogP contribution in [-0.4, -0.2) is 26.2 Å². The van der Waals surface area contributed by atoms with Crippen molar-refractivity contribution in [3.63, 3.8) is 0 Å². The van der Waals surface area contributed by atoms with Crippen LogP contribution in [0.5, 0.6) is 17.2 Å². The molecule has 6 heteroatoms. The summed E-state index contributed by atoms with van der Waals surface area (Å²) in [6.45, 7) is 3.89. The van der Waals surface area contributed by atoms with E-state index in [1.54, 1.807) is 50.6 Å². The molecule has 24 heavy (non-hydrogen) atoms. The van der Waals surface area contributed by atoms with Crippen LogP contribution in [0.25, 0.3) is 0 Å². The average molecular weight is 394 g/mol. The van der Waals surface area contributed by atoms with Crippen molar-refractivity contribution >= 4 is 27.5 Å². The van der Waals surface area contributed by atoms with Gasteiger partial charge in [-0.1, -0.05) is 0 Å². The first-order valence-corrected chi connectivity index (χ1v) is 8.23. The molecule has 2 rings (SSSR count). The minimum absolute atomic E-state index is 0.0574. The SMILES string of the molecule is COc1ccc(OC)c(NC(=O)c2ccc(OC(C)C)c(Br)c2)c1. The zero-order valence-corrected chi connectivity index (χ0v) is 15.6. The number of rotatable bonds is 6. The van der Waals surface area contributed by atoms with Crippen molar-refractivity contribution in [2.45, 2.75) is 20.0 Å². The fourth-order valence-electron chi connectivity index (χ4n) is 2.10. The fourth-order valence-corrected chi connectivity index (χ4v) is 2.57. The minimum Gasteiger partial charge on any atom is -0.497 e. The lowest BCUT2D eigenvalue weighted by Crippen LogP contribution is -2.13. The van der Waals surface area contributed by atoms with E-state index in [-0.39, 0.29) is 12.0 Å². The predicted octanol–water partition coefficient (Wildman–Crippen LogP) is 4.51. The summed E-state index contributed by atoms with van der Waals surface area (Å²) in [5.41, 5.74) is 1.04. The van der Waals surface area contributed by atoms with Gasteiger partial charge in [0.25, 0.3) is 5.91 Å². The zero-order chi connectivity index (χ0) is 17.7. The highest BCUT2D eigenvalue weighted by Crippen LogP contribution is 2.31. The van der Waals surface area contributed by atoms with Crippen LogP contribution in [0.15, 0.2) is 40.9 Å². The Labute approximate surface area is 150 Å². The van der Waals surface area contributed by atoms with Crippen molar-refractivity contribution in [1.82, 2.24) is 0 Å². The molecule has 2 aromatic carbocycles. The van der Waals surface area contributed by atoms with Gasteiger partial charge in [-0.05, 0) is 60.1 Å². The Morgan fingerprint density at radius 3 is 2.33 bits per heavy atom. The van der Waals surface area contributed by atoms with Crippen LogP contribution in [-0.2, 0) is 0 Å². The van der Waals surface area contributed by atoms with E-state index in [4.69, 9.17) is 14.2 Å². The van der Waals surface area contributed by atoms with Gasteiger partial charge in [-0.15, -0.1) is 0 Å². The standard InChI is InChI=1S/C18H20BrNO4/c1-11(2)24-16-7-5-12(9-14(16)19)18(21)20-15-10-13(22-3)6-8-17(15)23-4/h5-11H,1-4H3,(H,20,21). The maximum atomic E-state index is 12.5. The maximum Gasteiger partial charge on any atom is 0.255 e. The number of carbonyl (C=O) groups excluding carboxylic acids is 1. The molecular formula is C18H20BrNO4. The van der Waals surface area contributed by atoms with Gasteiger partial charge in [-0.3, -0.25) is 4.79 Å². The Bertz CT molecular complexity index is 731. The molecular weight excluding hydrogens is 374 g/mol. The molecule has 0 heterocycles. The molecule has 1 N–H and O–H groups in total. The molecule has 0 radical (unpaired) electrons. The molecule has 0 aliphatic carbocycles. The molecule has 1 amide bonds. The number of amides is 1. The van der Waals surface area contributed by atoms with E-state index in [0.29, 0.717) is 28.5 Å². The number of methoxy groups -OCH3 is 2. The van der Waals surface area contributed by atoms with Crippen LogP contribution in [0.3, 0.4) is 0 Å². The van der Waals surface area contributed by atoms with Crippen molar-refractivity contribution in [1.29, 1.82) is 0 Å². The molecule has 0 saturated carbocycles. The number of benzene rings is 2. The second-order valence-corrected chi connectivity index (χ2v) is 6.19. The number of halogens is 1. The average Bonchev–Trinajstić information content (AvgIpc) is 2.56. The molecule has 0 saturated heterocycles. The third kappa shape index (κ3) is 4.41. The summed E-state index contributed by atoms with van der Waals surface area (Å²) in [4.78, 5) is 12.5. The Kier molecular flexibility index (Phi) is 6.09. The largest absolute Gasteiger partial charge is 0.497 e. The van der Waals surface area contributed by atoms with Gasteiger partial charge in [0, 0.05) is 11.6 Å². The zero-order valence-electron chi connectivity index (χ0n) is 14.1. The maximum absolute atomic E-state index is 12.5. The van der Waals surface area contributed by atoms with E-state index in [1.165, 1.54) is 0 Å². The molecule has 0 aliphatic heterocycles. The van der Waals surface area contributed by atoms with Gasteiger partial charge in [-0.25, -0.2) is 0 Å². The van der Waals surface area contributed by atoms with Gasteiger partial charge in [0.05, 0.1) is 30.5 Å². The molecule has 5 nitrogen and oxygen atoms in total. The Balaban J connectivity index is 2.22.